The molecule has 0 unspecified atom stereocenters. The second-order valence-corrected chi connectivity index (χ2v) is 4.35. The van der Waals surface area contributed by atoms with Crippen LogP contribution >= 0.6 is 0 Å². The zero-order chi connectivity index (χ0) is 11.6. The van der Waals surface area contributed by atoms with Crippen LogP contribution in [0.4, 0.5) is 0 Å². The molecule has 0 bridgehead atoms. The summed E-state index contributed by atoms with van der Waals surface area (Å²) >= 11 is 0. The normalized spacial score (nSPS) is 17.9. The van der Waals surface area contributed by atoms with Gasteiger partial charge in [0, 0.05) is 19.3 Å². The third kappa shape index (κ3) is 2.24. The van der Waals surface area contributed by atoms with Crippen molar-refractivity contribution in [2.45, 2.75) is 38.3 Å². The number of hydrogen-bond acceptors (Lipinski definition) is 3. The molecule has 0 saturated heterocycles. The predicted octanol–water partition coefficient (Wildman–Crippen LogP) is 0.548. The lowest BCUT2D eigenvalue weighted by atomic mass is 9.80. The first-order chi connectivity index (χ1) is 7.63. The van der Waals surface area contributed by atoms with E-state index in [1.807, 2.05) is 6.92 Å². The fourth-order valence-corrected chi connectivity index (χ4v) is 1.76. The first-order valence-electron chi connectivity index (χ1n) is 5.66. The number of amides is 1. The molecule has 5 nitrogen and oxygen atoms in total. The number of aromatic nitrogens is 2. The van der Waals surface area contributed by atoms with Gasteiger partial charge in [0.1, 0.15) is 0 Å². The van der Waals surface area contributed by atoms with Crippen LogP contribution in [-0.4, -0.2) is 32.9 Å². The maximum absolute atomic E-state index is 11.7. The van der Waals surface area contributed by atoms with E-state index >= 15 is 0 Å². The Morgan fingerprint density at radius 3 is 2.94 bits per heavy atom. The highest BCUT2D eigenvalue weighted by atomic mass is 16.3. The van der Waals surface area contributed by atoms with Crippen molar-refractivity contribution in [1.82, 2.24) is 15.1 Å². The Labute approximate surface area is 94.5 Å². The van der Waals surface area contributed by atoms with Gasteiger partial charge in [-0.3, -0.25) is 9.48 Å². The average molecular weight is 223 g/mol. The largest absolute Gasteiger partial charge is 0.388 e. The van der Waals surface area contributed by atoms with Crippen LogP contribution in [0.1, 0.15) is 36.5 Å². The van der Waals surface area contributed by atoms with Crippen LogP contribution in [0.25, 0.3) is 0 Å². The molecule has 1 saturated carbocycles. The van der Waals surface area contributed by atoms with Crippen molar-refractivity contribution in [1.29, 1.82) is 0 Å². The van der Waals surface area contributed by atoms with E-state index in [9.17, 15) is 9.90 Å². The number of carbonyl (C=O) groups excluding carboxylic acids is 1. The topological polar surface area (TPSA) is 67.2 Å². The summed E-state index contributed by atoms with van der Waals surface area (Å²) < 4.78 is 1.70. The summed E-state index contributed by atoms with van der Waals surface area (Å²) in [5, 5.41) is 16.6. The fourth-order valence-electron chi connectivity index (χ4n) is 1.76. The van der Waals surface area contributed by atoms with Crippen LogP contribution in [0, 0.1) is 0 Å². The Kier molecular flexibility index (Phi) is 2.96. The number of nitrogens with zero attached hydrogens (tertiary/aromatic N) is 2. The lowest BCUT2D eigenvalue weighted by molar-refractivity contribution is -0.0300. The number of aryl methyl sites for hydroxylation is 1. The van der Waals surface area contributed by atoms with Gasteiger partial charge in [-0.05, 0) is 26.2 Å². The third-order valence-corrected chi connectivity index (χ3v) is 3.08. The van der Waals surface area contributed by atoms with Crippen molar-refractivity contribution in [3.63, 3.8) is 0 Å². The second kappa shape index (κ2) is 4.25. The Hall–Kier alpha value is -1.36. The maximum atomic E-state index is 11.7. The number of nitrogens with one attached hydrogen (secondary N) is 1. The number of carbonyl (C=O) groups is 1. The van der Waals surface area contributed by atoms with E-state index in [2.05, 4.69) is 10.4 Å². The van der Waals surface area contributed by atoms with Gasteiger partial charge in [0.05, 0.1) is 17.4 Å². The van der Waals surface area contributed by atoms with E-state index < -0.39 is 5.60 Å². The third-order valence-electron chi connectivity index (χ3n) is 3.08. The van der Waals surface area contributed by atoms with E-state index in [0.29, 0.717) is 12.1 Å². The first kappa shape index (κ1) is 11.1. The van der Waals surface area contributed by atoms with Gasteiger partial charge in [-0.2, -0.15) is 5.10 Å². The van der Waals surface area contributed by atoms with Crippen LogP contribution in [-0.2, 0) is 6.54 Å². The molecule has 88 valence electrons. The molecule has 5 heteroatoms. The van der Waals surface area contributed by atoms with Gasteiger partial charge in [-0.1, -0.05) is 0 Å². The molecule has 1 aromatic rings. The van der Waals surface area contributed by atoms with Gasteiger partial charge in [0.25, 0.3) is 5.91 Å². The van der Waals surface area contributed by atoms with Crippen LogP contribution in [0.3, 0.4) is 0 Å². The Bertz CT molecular complexity index is 382. The predicted molar refractivity (Wildman–Crippen MR) is 59.0 cm³/mol. The molecule has 1 amide bonds. The minimum absolute atomic E-state index is 0.167. The maximum Gasteiger partial charge on any atom is 0.254 e. The van der Waals surface area contributed by atoms with Crippen molar-refractivity contribution < 1.29 is 9.90 Å². The second-order valence-electron chi connectivity index (χ2n) is 4.35. The molecule has 0 spiro atoms. The highest BCUT2D eigenvalue weighted by molar-refractivity contribution is 5.93. The molecule has 0 atom stereocenters. The van der Waals surface area contributed by atoms with E-state index in [1.54, 1.807) is 17.1 Å². The summed E-state index contributed by atoms with van der Waals surface area (Å²) in [6.07, 6.45) is 5.85. The molecule has 0 aromatic carbocycles. The minimum Gasteiger partial charge on any atom is -0.388 e. The van der Waals surface area contributed by atoms with Crippen molar-refractivity contribution >= 4 is 5.91 Å². The molecule has 2 rings (SSSR count). The van der Waals surface area contributed by atoms with Gasteiger partial charge in [-0.25, -0.2) is 0 Å². The Morgan fingerprint density at radius 1 is 1.69 bits per heavy atom. The van der Waals surface area contributed by atoms with E-state index in [4.69, 9.17) is 0 Å². The lowest BCUT2D eigenvalue weighted by Gasteiger charge is -2.36. The number of hydrogen-bond donors (Lipinski definition) is 2. The molecule has 0 radical (unpaired) electrons. The fraction of sp³-hybridized carbons (Fsp3) is 0.636. The monoisotopic (exact) mass is 223 g/mol. The van der Waals surface area contributed by atoms with Gasteiger partial charge in [0.2, 0.25) is 0 Å². The molecule has 2 N–H and O–H groups in total. The average Bonchev–Trinajstić information content (AvgIpc) is 2.71. The summed E-state index contributed by atoms with van der Waals surface area (Å²) in [7, 11) is 0. The van der Waals surface area contributed by atoms with Gasteiger partial charge in [0.15, 0.2) is 0 Å². The van der Waals surface area contributed by atoms with Gasteiger partial charge >= 0.3 is 0 Å². The molecule has 1 aromatic heterocycles. The summed E-state index contributed by atoms with van der Waals surface area (Å²) in [6.45, 7) is 3.05. The molecule has 1 heterocycles. The highest BCUT2D eigenvalue weighted by Gasteiger charge is 2.34. The summed E-state index contributed by atoms with van der Waals surface area (Å²) in [4.78, 5) is 11.7. The lowest BCUT2D eigenvalue weighted by Crippen LogP contribution is -2.47. The summed E-state index contributed by atoms with van der Waals surface area (Å²) in [5.74, 6) is -0.167. The molecule has 1 aliphatic carbocycles. The Morgan fingerprint density at radius 2 is 2.44 bits per heavy atom. The van der Waals surface area contributed by atoms with Crippen molar-refractivity contribution in [2.24, 2.45) is 0 Å². The molecular weight excluding hydrogens is 206 g/mol. The van der Waals surface area contributed by atoms with Crippen LogP contribution in [0.2, 0.25) is 0 Å². The molecule has 1 fully saturated rings. The minimum atomic E-state index is -0.670. The van der Waals surface area contributed by atoms with Crippen molar-refractivity contribution in [3.05, 3.63) is 18.0 Å². The number of rotatable bonds is 4. The van der Waals surface area contributed by atoms with Crippen LogP contribution in [0.15, 0.2) is 12.4 Å². The Balaban J connectivity index is 1.87. The van der Waals surface area contributed by atoms with Gasteiger partial charge in [-0.15, -0.1) is 0 Å². The van der Waals surface area contributed by atoms with E-state index in [0.717, 1.165) is 25.8 Å². The first-order valence-corrected chi connectivity index (χ1v) is 5.66. The van der Waals surface area contributed by atoms with E-state index in [-0.39, 0.29) is 5.91 Å². The SMILES string of the molecule is CCn1cc(C(=O)NCC2(O)CCC2)cn1. The number of aliphatic hydroxyl groups is 1. The van der Waals surface area contributed by atoms with Crippen molar-refractivity contribution in [2.75, 3.05) is 6.54 Å². The van der Waals surface area contributed by atoms with E-state index in [1.165, 1.54) is 0 Å². The highest BCUT2D eigenvalue weighted by Crippen LogP contribution is 2.30. The quantitative estimate of drug-likeness (QED) is 0.783. The molecular formula is C11H17N3O2. The molecule has 16 heavy (non-hydrogen) atoms. The zero-order valence-electron chi connectivity index (χ0n) is 9.44. The molecule has 1 aliphatic rings. The van der Waals surface area contributed by atoms with Gasteiger partial charge < -0.3 is 10.4 Å². The van der Waals surface area contributed by atoms with Crippen LogP contribution < -0.4 is 5.32 Å². The van der Waals surface area contributed by atoms with Crippen LogP contribution in [0.5, 0.6) is 0 Å². The van der Waals surface area contributed by atoms with Crippen molar-refractivity contribution in [3.8, 4) is 0 Å². The molecule has 0 aliphatic heterocycles. The summed E-state index contributed by atoms with van der Waals surface area (Å²) in [5.41, 5.74) is -0.124. The zero-order valence-corrected chi connectivity index (χ0v) is 9.44. The summed E-state index contributed by atoms with van der Waals surface area (Å²) in [6, 6.07) is 0. The standard InChI is InChI=1S/C11H17N3O2/c1-2-14-7-9(6-13-14)10(15)12-8-11(16)4-3-5-11/h6-7,16H,2-5,8H2,1H3,(H,12,15). The smallest absolute Gasteiger partial charge is 0.254 e.